The minimum absolute atomic E-state index is 0.254. The number of anilines is 1. The summed E-state index contributed by atoms with van der Waals surface area (Å²) in [5.41, 5.74) is 2.77. The van der Waals surface area contributed by atoms with Crippen LogP contribution >= 0.6 is 0 Å². The molecule has 2 atom stereocenters. The molecular weight excluding hydrogens is 236 g/mol. The Morgan fingerprint density at radius 2 is 2.05 bits per heavy atom. The van der Waals surface area contributed by atoms with Gasteiger partial charge in [0, 0.05) is 37.5 Å². The summed E-state index contributed by atoms with van der Waals surface area (Å²) in [5, 5.41) is 12.7. The van der Waals surface area contributed by atoms with Gasteiger partial charge in [0.1, 0.15) is 0 Å². The highest BCUT2D eigenvalue weighted by atomic mass is 16.3. The molecule has 2 unspecified atom stereocenters. The molecule has 1 aromatic carbocycles. The molecule has 3 heteroatoms. The average Bonchev–Trinajstić information content (AvgIpc) is 2.38. The van der Waals surface area contributed by atoms with E-state index in [0.717, 1.165) is 19.5 Å². The quantitative estimate of drug-likeness (QED) is 0.874. The summed E-state index contributed by atoms with van der Waals surface area (Å²) in [7, 11) is 0. The average molecular weight is 262 g/mol. The molecule has 1 aliphatic rings. The number of nitrogens with zero attached hydrogens (tertiary/aromatic N) is 1. The lowest BCUT2D eigenvalue weighted by Gasteiger charge is -2.40. The number of piperazine rings is 1. The molecule has 0 aliphatic carbocycles. The van der Waals surface area contributed by atoms with Crippen molar-refractivity contribution >= 4 is 5.69 Å². The molecule has 1 heterocycles. The Morgan fingerprint density at radius 1 is 1.32 bits per heavy atom. The maximum Gasteiger partial charge on any atom is 0.0446 e. The summed E-state index contributed by atoms with van der Waals surface area (Å²) >= 11 is 0. The number of aliphatic hydroxyl groups excluding tert-OH is 1. The molecule has 1 aromatic rings. The van der Waals surface area contributed by atoms with E-state index in [4.69, 9.17) is 5.11 Å². The molecule has 3 nitrogen and oxygen atoms in total. The third kappa shape index (κ3) is 3.48. The lowest BCUT2D eigenvalue weighted by atomic mass is 9.98. The van der Waals surface area contributed by atoms with Gasteiger partial charge in [0.05, 0.1) is 0 Å². The SMILES string of the molecule is CC1CN(c2ccccc2C(C)C)CC(CCO)N1. The third-order valence-electron chi connectivity index (χ3n) is 3.83. The van der Waals surface area contributed by atoms with Crippen molar-refractivity contribution < 1.29 is 5.11 Å². The molecule has 1 aliphatic heterocycles. The molecule has 2 rings (SSSR count). The van der Waals surface area contributed by atoms with E-state index < -0.39 is 0 Å². The zero-order chi connectivity index (χ0) is 13.8. The van der Waals surface area contributed by atoms with Gasteiger partial charge in [-0.2, -0.15) is 0 Å². The molecule has 106 valence electrons. The van der Waals surface area contributed by atoms with E-state index in [1.807, 2.05) is 0 Å². The largest absolute Gasteiger partial charge is 0.396 e. The predicted octanol–water partition coefficient (Wildman–Crippen LogP) is 2.36. The summed E-state index contributed by atoms with van der Waals surface area (Å²) in [4.78, 5) is 2.47. The van der Waals surface area contributed by atoms with Gasteiger partial charge < -0.3 is 15.3 Å². The van der Waals surface area contributed by atoms with Crippen LogP contribution in [-0.2, 0) is 0 Å². The van der Waals surface area contributed by atoms with Crippen LogP contribution in [0.4, 0.5) is 5.69 Å². The molecule has 0 saturated carbocycles. The van der Waals surface area contributed by atoms with Crippen LogP contribution in [0.2, 0.25) is 0 Å². The number of benzene rings is 1. The summed E-state index contributed by atoms with van der Waals surface area (Å²) in [6.45, 7) is 8.98. The van der Waals surface area contributed by atoms with Crippen LogP contribution in [0.25, 0.3) is 0 Å². The number of hydrogen-bond donors (Lipinski definition) is 2. The highest BCUT2D eigenvalue weighted by Crippen LogP contribution is 2.28. The van der Waals surface area contributed by atoms with E-state index in [9.17, 15) is 0 Å². The van der Waals surface area contributed by atoms with E-state index in [-0.39, 0.29) is 6.61 Å². The molecule has 2 N–H and O–H groups in total. The van der Waals surface area contributed by atoms with Crippen molar-refractivity contribution in [1.82, 2.24) is 5.32 Å². The number of hydrogen-bond acceptors (Lipinski definition) is 3. The minimum atomic E-state index is 0.254. The van der Waals surface area contributed by atoms with Gasteiger partial charge in [-0.15, -0.1) is 0 Å². The summed E-state index contributed by atoms with van der Waals surface area (Å²) in [6, 6.07) is 9.54. The first-order chi connectivity index (χ1) is 9.11. The van der Waals surface area contributed by atoms with Gasteiger partial charge in [0.15, 0.2) is 0 Å². The summed E-state index contributed by atoms with van der Waals surface area (Å²) < 4.78 is 0. The molecule has 0 aromatic heterocycles. The fourth-order valence-corrected chi connectivity index (χ4v) is 2.97. The Hall–Kier alpha value is -1.06. The van der Waals surface area contributed by atoms with Crippen molar-refractivity contribution in [3.8, 4) is 0 Å². The van der Waals surface area contributed by atoms with E-state index in [1.165, 1.54) is 11.3 Å². The van der Waals surface area contributed by atoms with E-state index in [0.29, 0.717) is 18.0 Å². The van der Waals surface area contributed by atoms with Gasteiger partial charge in [0.25, 0.3) is 0 Å². The Bertz CT molecular complexity index is 405. The predicted molar refractivity (Wildman–Crippen MR) is 80.8 cm³/mol. The zero-order valence-corrected chi connectivity index (χ0v) is 12.3. The first-order valence-electron chi connectivity index (χ1n) is 7.32. The van der Waals surface area contributed by atoms with E-state index in [2.05, 4.69) is 55.3 Å². The highest BCUT2D eigenvalue weighted by molar-refractivity contribution is 5.55. The Labute approximate surface area is 116 Å². The highest BCUT2D eigenvalue weighted by Gasteiger charge is 2.25. The topological polar surface area (TPSA) is 35.5 Å². The van der Waals surface area contributed by atoms with Crippen LogP contribution in [0.3, 0.4) is 0 Å². The van der Waals surface area contributed by atoms with Crippen molar-refractivity contribution in [2.45, 2.75) is 45.2 Å². The van der Waals surface area contributed by atoms with Gasteiger partial charge in [-0.05, 0) is 30.9 Å². The first kappa shape index (κ1) is 14.4. The van der Waals surface area contributed by atoms with Crippen molar-refractivity contribution in [3.05, 3.63) is 29.8 Å². The maximum absolute atomic E-state index is 9.15. The van der Waals surface area contributed by atoms with Crippen LogP contribution in [0.5, 0.6) is 0 Å². The van der Waals surface area contributed by atoms with Crippen molar-refractivity contribution in [3.63, 3.8) is 0 Å². The second kappa shape index (κ2) is 6.40. The fraction of sp³-hybridized carbons (Fsp3) is 0.625. The zero-order valence-electron chi connectivity index (χ0n) is 12.3. The molecule has 1 saturated heterocycles. The van der Waals surface area contributed by atoms with Crippen molar-refractivity contribution in [1.29, 1.82) is 0 Å². The molecule has 0 bridgehead atoms. The first-order valence-corrected chi connectivity index (χ1v) is 7.32. The van der Waals surface area contributed by atoms with Crippen LogP contribution < -0.4 is 10.2 Å². The maximum atomic E-state index is 9.15. The van der Waals surface area contributed by atoms with E-state index >= 15 is 0 Å². The molecule has 19 heavy (non-hydrogen) atoms. The van der Waals surface area contributed by atoms with Crippen LogP contribution in [0, 0.1) is 0 Å². The minimum Gasteiger partial charge on any atom is -0.396 e. The summed E-state index contributed by atoms with van der Waals surface area (Å²) in [6.07, 6.45) is 0.824. The lowest BCUT2D eigenvalue weighted by Crippen LogP contribution is -2.56. The normalized spacial score (nSPS) is 23.9. The van der Waals surface area contributed by atoms with Gasteiger partial charge >= 0.3 is 0 Å². The third-order valence-corrected chi connectivity index (χ3v) is 3.83. The Morgan fingerprint density at radius 3 is 2.74 bits per heavy atom. The smallest absolute Gasteiger partial charge is 0.0446 e. The van der Waals surface area contributed by atoms with Crippen LogP contribution in [0.1, 0.15) is 38.7 Å². The van der Waals surface area contributed by atoms with Gasteiger partial charge in [-0.3, -0.25) is 0 Å². The van der Waals surface area contributed by atoms with Gasteiger partial charge in [-0.25, -0.2) is 0 Å². The monoisotopic (exact) mass is 262 g/mol. The number of aliphatic hydroxyl groups is 1. The van der Waals surface area contributed by atoms with Crippen molar-refractivity contribution in [2.24, 2.45) is 0 Å². The molecule has 0 amide bonds. The second-order valence-corrected chi connectivity index (χ2v) is 5.90. The standard InChI is InChI=1S/C16H26N2O/c1-12(2)15-6-4-5-7-16(15)18-10-13(3)17-14(11-18)8-9-19/h4-7,12-14,17,19H,8-11H2,1-3H3. The molecule has 1 fully saturated rings. The molecule has 0 radical (unpaired) electrons. The summed E-state index contributed by atoms with van der Waals surface area (Å²) in [5.74, 6) is 0.540. The van der Waals surface area contributed by atoms with Gasteiger partial charge in [-0.1, -0.05) is 32.0 Å². The van der Waals surface area contributed by atoms with Crippen LogP contribution in [-0.4, -0.2) is 36.9 Å². The Balaban J connectivity index is 2.20. The number of para-hydroxylation sites is 1. The molecule has 0 spiro atoms. The fourth-order valence-electron chi connectivity index (χ4n) is 2.97. The lowest BCUT2D eigenvalue weighted by molar-refractivity contribution is 0.250. The van der Waals surface area contributed by atoms with Crippen LogP contribution in [0.15, 0.2) is 24.3 Å². The second-order valence-electron chi connectivity index (χ2n) is 5.90. The number of rotatable bonds is 4. The van der Waals surface area contributed by atoms with Gasteiger partial charge in [0.2, 0.25) is 0 Å². The van der Waals surface area contributed by atoms with Crippen molar-refractivity contribution in [2.75, 3.05) is 24.6 Å². The number of nitrogens with one attached hydrogen (secondary N) is 1. The molecular formula is C16H26N2O. The Kier molecular flexibility index (Phi) is 4.83. The van der Waals surface area contributed by atoms with E-state index in [1.54, 1.807) is 0 Å².